The van der Waals surface area contributed by atoms with Crippen molar-refractivity contribution in [1.82, 2.24) is 0 Å². The van der Waals surface area contributed by atoms with Gasteiger partial charge < -0.3 is 5.73 Å². The lowest BCUT2D eigenvalue weighted by Gasteiger charge is -2.19. The van der Waals surface area contributed by atoms with Gasteiger partial charge in [-0.3, -0.25) is 4.31 Å². The summed E-state index contributed by atoms with van der Waals surface area (Å²) in [5.74, 6) is 5.88. The number of rotatable bonds is 1. The Hall–Kier alpha value is -1.22. The van der Waals surface area contributed by atoms with E-state index in [9.17, 15) is 8.42 Å². The van der Waals surface area contributed by atoms with Gasteiger partial charge in [-0.25, -0.2) is 8.42 Å². The Kier molecular flexibility index (Phi) is 4.04. The van der Waals surface area contributed by atoms with Crippen LogP contribution >= 0.6 is 11.6 Å². The van der Waals surface area contributed by atoms with Gasteiger partial charge in [-0.05, 0) is 24.1 Å². The van der Waals surface area contributed by atoms with Crippen molar-refractivity contribution in [2.45, 2.75) is 6.92 Å². The molecule has 2 rings (SSSR count). The van der Waals surface area contributed by atoms with Gasteiger partial charge in [-0.1, -0.05) is 30.4 Å². The van der Waals surface area contributed by atoms with Crippen molar-refractivity contribution in [3.8, 4) is 11.8 Å². The van der Waals surface area contributed by atoms with Crippen molar-refractivity contribution in [3.05, 3.63) is 28.8 Å². The first kappa shape index (κ1) is 14.2. The highest BCUT2D eigenvalue weighted by Gasteiger charge is 2.34. The van der Waals surface area contributed by atoms with Gasteiger partial charge in [0.15, 0.2) is 0 Å². The summed E-state index contributed by atoms with van der Waals surface area (Å²) in [5, 5.41) is 0.523. The van der Waals surface area contributed by atoms with Gasteiger partial charge in [0.1, 0.15) is 0 Å². The third-order valence-electron chi connectivity index (χ3n) is 2.86. The van der Waals surface area contributed by atoms with Gasteiger partial charge in [-0.15, -0.1) is 0 Å². The summed E-state index contributed by atoms with van der Waals surface area (Å²) in [7, 11) is -3.26. The van der Waals surface area contributed by atoms with Crippen LogP contribution in [0.15, 0.2) is 18.2 Å². The number of hydrogen-bond donors (Lipinski definition) is 1. The number of nitrogens with two attached hydrogens (primary N) is 1. The van der Waals surface area contributed by atoms with E-state index in [1.165, 1.54) is 4.31 Å². The quantitative estimate of drug-likeness (QED) is 0.798. The normalized spacial score (nSPS) is 21.0. The number of nitrogens with zero attached hydrogens (tertiary/aromatic N) is 1. The van der Waals surface area contributed by atoms with E-state index in [2.05, 4.69) is 11.8 Å². The molecule has 1 aromatic rings. The van der Waals surface area contributed by atoms with Gasteiger partial charge in [0.2, 0.25) is 10.0 Å². The monoisotopic (exact) mass is 298 g/mol. The van der Waals surface area contributed by atoms with Crippen LogP contribution in [0.1, 0.15) is 12.5 Å². The average Bonchev–Trinajstić information content (AvgIpc) is 2.60. The lowest BCUT2D eigenvalue weighted by Crippen LogP contribution is -2.26. The van der Waals surface area contributed by atoms with Gasteiger partial charge >= 0.3 is 0 Å². The minimum Gasteiger partial charge on any atom is -0.320 e. The maximum atomic E-state index is 12.1. The largest absolute Gasteiger partial charge is 0.320 e. The highest BCUT2D eigenvalue weighted by Crippen LogP contribution is 2.31. The van der Waals surface area contributed by atoms with E-state index in [1.807, 2.05) is 6.92 Å². The SMILES string of the molecule is CC1CN(c2ccc(Cl)cc2C#CCN)S(=O)(=O)C1. The Morgan fingerprint density at radius 3 is 2.84 bits per heavy atom. The van der Waals surface area contributed by atoms with Gasteiger partial charge in [0.25, 0.3) is 0 Å². The molecule has 0 aromatic heterocycles. The van der Waals surface area contributed by atoms with Crippen molar-refractivity contribution in [2.75, 3.05) is 23.1 Å². The molecule has 0 spiro atoms. The molecule has 6 heteroatoms. The molecule has 4 nitrogen and oxygen atoms in total. The van der Waals surface area contributed by atoms with E-state index in [0.29, 0.717) is 22.8 Å². The predicted octanol–water partition coefficient (Wildman–Crippen LogP) is 1.44. The minimum atomic E-state index is -3.26. The average molecular weight is 299 g/mol. The third kappa shape index (κ3) is 3.03. The Balaban J connectivity index is 2.51. The zero-order valence-electron chi connectivity index (χ0n) is 10.6. The summed E-state index contributed by atoms with van der Waals surface area (Å²) in [6, 6.07) is 5.03. The molecule has 1 atom stereocenters. The summed E-state index contributed by atoms with van der Waals surface area (Å²) in [6.45, 7) is 2.61. The summed E-state index contributed by atoms with van der Waals surface area (Å²) >= 11 is 5.94. The lowest BCUT2D eigenvalue weighted by atomic mass is 10.1. The van der Waals surface area contributed by atoms with E-state index in [1.54, 1.807) is 18.2 Å². The molecule has 1 saturated heterocycles. The molecule has 0 saturated carbocycles. The number of benzene rings is 1. The Morgan fingerprint density at radius 2 is 2.26 bits per heavy atom. The van der Waals surface area contributed by atoms with E-state index in [0.717, 1.165) is 0 Å². The fraction of sp³-hybridized carbons (Fsp3) is 0.385. The van der Waals surface area contributed by atoms with Crippen molar-refractivity contribution in [3.63, 3.8) is 0 Å². The predicted molar refractivity (Wildman–Crippen MR) is 77.7 cm³/mol. The molecule has 1 fully saturated rings. The highest BCUT2D eigenvalue weighted by molar-refractivity contribution is 7.93. The van der Waals surface area contributed by atoms with Gasteiger partial charge in [0, 0.05) is 11.6 Å². The molecule has 1 unspecified atom stereocenters. The number of anilines is 1. The second kappa shape index (κ2) is 5.41. The fourth-order valence-electron chi connectivity index (χ4n) is 2.12. The molecule has 1 heterocycles. The maximum Gasteiger partial charge on any atom is 0.235 e. The second-order valence-electron chi connectivity index (χ2n) is 4.58. The molecule has 2 N–H and O–H groups in total. The smallest absolute Gasteiger partial charge is 0.235 e. The van der Waals surface area contributed by atoms with Crippen molar-refractivity contribution in [2.24, 2.45) is 11.7 Å². The van der Waals surface area contributed by atoms with E-state index in [-0.39, 0.29) is 18.2 Å². The fourth-order valence-corrected chi connectivity index (χ4v) is 4.24. The second-order valence-corrected chi connectivity index (χ2v) is 6.96. The van der Waals surface area contributed by atoms with Crippen LogP contribution in [0.4, 0.5) is 5.69 Å². The first-order chi connectivity index (χ1) is 8.94. The molecule has 0 aliphatic carbocycles. The van der Waals surface area contributed by atoms with Crippen LogP contribution in [0.3, 0.4) is 0 Å². The first-order valence-electron chi connectivity index (χ1n) is 5.93. The van der Waals surface area contributed by atoms with Crippen LogP contribution in [-0.2, 0) is 10.0 Å². The van der Waals surface area contributed by atoms with E-state index < -0.39 is 10.0 Å². The molecule has 19 heavy (non-hydrogen) atoms. The van der Waals surface area contributed by atoms with Crippen LogP contribution in [0, 0.1) is 17.8 Å². The summed E-state index contributed by atoms with van der Waals surface area (Å²) < 4.78 is 25.6. The van der Waals surface area contributed by atoms with Crippen LogP contribution in [0.5, 0.6) is 0 Å². The molecule has 0 radical (unpaired) electrons. The molecule has 0 amide bonds. The molecular formula is C13H15ClN2O2S. The van der Waals surface area contributed by atoms with Crippen LogP contribution in [-0.4, -0.2) is 27.3 Å². The molecule has 1 aromatic carbocycles. The van der Waals surface area contributed by atoms with Crippen molar-refractivity contribution < 1.29 is 8.42 Å². The van der Waals surface area contributed by atoms with E-state index in [4.69, 9.17) is 17.3 Å². The molecule has 1 aliphatic rings. The molecule has 102 valence electrons. The Bertz CT molecular complexity index is 646. The zero-order valence-corrected chi connectivity index (χ0v) is 12.1. The Labute approximate surface area is 118 Å². The Morgan fingerprint density at radius 1 is 1.53 bits per heavy atom. The minimum absolute atomic E-state index is 0.107. The van der Waals surface area contributed by atoms with Crippen LogP contribution in [0.25, 0.3) is 0 Å². The van der Waals surface area contributed by atoms with Crippen molar-refractivity contribution in [1.29, 1.82) is 0 Å². The van der Waals surface area contributed by atoms with Gasteiger partial charge in [0.05, 0.1) is 23.5 Å². The maximum absolute atomic E-state index is 12.1. The number of sulfonamides is 1. The summed E-state index contributed by atoms with van der Waals surface area (Å²) in [4.78, 5) is 0. The zero-order chi connectivity index (χ0) is 14.0. The molecule has 0 bridgehead atoms. The van der Waals surface area contributed by atoms with Crippen molar-refractivity contribution >= 4 is 27.3 Å². The molecule has 1 aliphatic heterocycles. The van der Waals surface area contributed by atoms with Crippen LogP contribution in [0.2, 0.25) is 5.02 Å². The number of hydrogen-bond acceptors (Lipinski definition) is 3. The first-order valence-corrected chi connectivity index (χ1v) is 7.91. The molecular weight excluding hydrogens is 284 g/mol. The standard InChI is InChI=1S/C13H15ClN2O2S/c1-10-8-16(19(17,18)9-10)13-5-4-12(14)7-11(13)3-2-6-15/h4-5,7,10H,6,8-9,15H2,1H3. The third-order valence-corrected chi connectivity index (χ3v) is 5.10. The topological polar surface area (TPSA) is 63.4 Å². The van der Waals surface area contributed by atoms with Crippen LogP contribution < -0.4 is 10.0 Å². The summed E-state index contributed by atoms with van der Waals surface area (Å²) in [6.07, 6.45) is 0. The van der Waals surface area contributed by atoms with E-state index >= 15 is 0 Å². The lowest BCUT2D eigenvalue weighted by molar-refractivity contribution is 0.598. The number of halogens is 1. The van der Waals surface area contributed by atoms with Gasteiger partial charge in [-0.2, -0.15) is 0 Å². The highest BCUT2D eigenvalue weighted by atomic mass is 35.5. The summed E-state index contributed by atoms with van der Waals surface area (Å²) in [5.41, 5.74) is 6.53.